The Kier molecular flexibility index (Phi) is 5.26. The number of nitrogens with one attached hydrogen (secondary N) is 1. The molecule has 0 amide bonds. The zero-order valence-corrected chi connectivity index (χ0v) is 16.4. The third-order valence-electron chi connectivity index (χ3n) is 4.67. The van der Waals surface area contributed by atoms with Gasteiger partial charge in [0.15, 0.2) is 5.78 Å². The van der Waals surface area contributed by atoms with E-state index in [2.05, 4.69) is 20.0 Å². The van der Waals surface area contributed by atoms with Gasteiger partial charge >= 0.3 is 0 Å². The summed E-state index contributed by atoms with van der Waals surface area (Å²) in [7, 11) is -3.92. The van der Waals surface area contributed by atoms with Crippen molar-refractivity contribution in [3.8, 4) is 0 Å². The Hall–Kier alpha value is -3.26. The Bertz CT molecular complexity index is 1190. The van der Waals surface area contributed by atoms with Gasteiger partial charge in [0.05, 0.1) is 10.4 Å². The zero-order chi connectivity index (χ0) is 20.3. The number of anilines is 1. The number of Topliss-reactive ketones (excluding diaryl/α,β-unsaturated/α-hetero) is 1. The molecule has 29 heavy (non-hydrogen) atoms. The standard InChI is InChI=1S/C21H20N4O3S/c26-20-8-4-1-5-15(20)13-22-16-9-11-17(12-10-16)29(27,28)25-21-14-23-18-6-2-3-7-19(18)24-21/h2-3,6-7,9-14H,1,4-5,8H2,(H2,22,24,25,26)/p-1. The van der Waals surface area contributed by atoms with Crippen LogP contribution >= 0.6 is 0 Å². The lowest BCUT2D eigenvalue weighted by atomic mass is 9.94. The molecule has 1 aromatic heterocycles. The SMILES string of the molecule is O=C1CCCC/C1=C/Nc1ccc(S(=O)(=O)[N-]c2cnc3ccccc3n2)cc1. The van der Waals surface area contributed by atoms with Gasteiger partial charge in [0.2, 0.25) is 10.0 Å². The first-order chi connectivity index (χ1) is 14.0. The number of nitrogens with zero attached hydrogens (tertiary/aromatic N) is 3. The maximum Gasteiger partial charge on any atom is 0.202 e. The molecular formula is C21H19N4O3S-. The molecule has 1 N–H and O–H groups in total. The summed E-state index contributed by atoms with van der Waals surface area (Å²) in [5.41, 5.74) is 2.72. The van der Waals surface area contributed by atoms with Crippen molar-refractivity contribution in [3.63, 3.8) is 0 Å². The van der Waals surface area contributed by atoms with Crippen LogP contribution in [0, 0.1) is 0 Å². The fourth-order valence-electron chi connectivity index (χ4n) is 3.11. The molecule has 1 heterocycles. The van der Waals surface area contributed by atoms with E-state index in [1.54, 1.807) is 36.5 Å². The van der Waals surface area contributed by atoms with E-state index in [1.165, 1.54) is 18.3 Å². The summed E-state index contributed by atoms with van der Waals surface area (Å²) in [5, 5.41) is 3.06. The van der Waals surface area contributed by atoms with Crippen LogP contribution in [0.1, 0.15) is 25.7 Å². The van der Waals surface area contributed by atoms with Gasteiger partial charge in [0.1, 0.15) is 0 Å². The van der Waals surface area contributed by atoms with Crippen molar-refractivity contribution in [2.24, 2.45) is 0 Å². The first kappa shape index (κ1) is 19.1. The Morgan fingerprint density at radius 2 is 1.69 bits per heavy atom. The minimum atomic E-state index is -3.92. The van der Waals surface area contributed by atoms with Gasteiger partial charge in [-0.2, -0.15) is 0 Å². The van der Waals surface area contributed by atoms with E-state index in [4.69, 9.17) is 0 Å². The molecule has 8 heteroatoms. The number of carbonyl (C=O) groups excluding carboxylic acids is 1. The van der Waals surface area contributed by atoms with Gasteiger partial charge in [-0.1, -0.05) is 18.2 Å². The molecular weight excluding hydrogens is 388 g/mol. The number of carbonyl (C=O) groups is 1. The van der Waals surface area contributed by atoms with E-state index in [9.17, 15) is 13.2 Å². The number of ketones is 1. The van der Waals surface area contributed by atoms with Gasteiger partial charge in [-0.25, -0.2) is 8.42 Å². The van der Waals surface area contributed by atoms with Crippen molar-refractivity contribution in [1.29, 1.82) is 0 Å². The Morgan fingerprint density at radius 1 is 0.966 bits per heavy atom. The smallest absolute Gasteiger partial charge is 0.202 e. The van der Waals surface area contributed by atoms with Crippen LogP contribution in [0.15, 0.2) is 71.4 Å². The highest BCUT2D eigenvalue weighted by Crippen LogP contribution is 2.27. The number of aromatic nitrogens is 2. The van der Waals surface area contributed by atoms with Crippen LogP contribution in [0.2, 0.25) is 0 Å². The summed E-state index contributed by atoms with van der Waals surface area (Å²) in [6, 6.07) is 13.4. The minimum Gasteiger partial charge on any atom is -0.433 e. The average Bonchev–Trinajstić information content (AvgIpc) is 2.73. The Labute approximate surface area is 168 Å². The van der Waals surface area contributed by atoms with Crippen LogP contribution in [0.25, 0.3) is 15.8 Å². The first-order valence-electron chi connectivity index (χ1n) is 9.30. The highest BCUT2D eigenvalue weighted by atomic mass is 32.2. The molecule has 0 saturated heterocycles. The molecule has 0 atom stereocenters. The second-order valence-electron chi connectivity index (χ2n) is 6.75. The summed E-state index contributed by atoms with van der Waals surface area (Å²) >= 11 is 0. The molecule has 148 valence electrons. The van der Waals surface area contributed by atoms with Gasteiger partial charge in [-0.15, -0.1) is 0 Å². The number of rotatable bonds is 5. The highest BCUT2D eigenvalue weighted by molar-refractivity contribution is 7.94. The van der Waals surface area contributed by atoms with Crippen molar-refractivity contribution in [2.45, 2.75) is 30.6 Å². The lowest BCUT2D eigenvalue weighted by Gasteiger charge is -2.16. The normalized spacial score (nSPS) is 16.1. The number of sulfonamides is 1. The highest BCUT2D eigenvalue weighted by Gasteiger charge is 2.14. The van der Waals surface area contributed by atoms with E-state index < -0.39 is 10.0 Å². The van der Waals surface area contributed by atoms with Crippen LogP contribution in [0.3, 0.4) is 0 Å². The molecule has 0 spiro atoms. The molecule has 0 unspecified atom stereocenters. The average molecular weight is 407 g/mol. The van der Waals surface area contributed by atoms with Crippen LogP contribution in [0.4, 0.5) is 11.5 Å². The lowest BCUT2D eigenvalue weighted by Crippen LogP contribution is -2.09. The fraction of sp³-hybridized carbons (Fsp3) is 0.190. The second-order valence-corrected chi connectivity index (χ2v) is 8.36. The summed E-state index contributed by atoms with van der Waals surface area (Å²) < 4.78 is 29.0. The van der Waals surface area contributed by atoms with Crippen molar-refractivity contribution in [2.75, 3.05) is 5.32 Å². The van der Waals surface area contributed by atoms with E-state index in [0.29, 0.717) is 23.1 Å². The molecule has 3 aromatic rings. The quantitative estimate of drug-likeness (QED) is 0.626. The molecule has 1 aliphatic rings. The van der Waals surface area contributed by atoms with Gasteiger partial charge in [0.25, 0.3) is 0 Å². The third kappa shape index (κ3) is 4.43. The van der Waals surface area contributed by atoms with Crippen LogP contribution in [-0.4, -0.2) is 24.2 Å². The summed E-state index contributed by atoms with van der Waals surface area (Å²) in [6.07, 6.45) is 6.35. The topological polar surface area (TPSA) is 103 Å². The van der Waals surface area contributed by atoms with Crippen molar-refractivity contribution < 1.29 is 13.2 Å². The Morgan fingerprint density at radius 3 is 2.45 bits per heavy atom. The van der Waals surface area contributed by atoms with E-state index >= 15 is 0 Å². The predicted octanol–water partition coefficient (Wildman–Crippen LogP) is 4.46. The predicted molar refractivity (Wildman–Crippen MR) is 111 cm³/mol. The molecule has 4 rings (SSSR count). The molecule has 0 aliphatic heterocycles. The first-order valence-corrected chi connectivity index (χ1v) is 10.7. The number of hydrogen-bond donors (Lipinski definition) is 1. The Balaban J connectivity index is 1.48. The van der Waals surface area contributed by atoms with Gasteiger partial charge < -0.3 is 15.0 Å². The molecule has 1 aliphatic carbocycles. The molecule has 1 fully saturated rings. The minimum absolute atomic E-state index is 0.0337. The number of benzene rings is 2. The van der Waals surface area contributed by atoms with Gasteiger partial charge in [-0.05, 0) is 60.9 Å². The zero-order valence-electron chi connectivity index (χ0n) is 15.6. The number of para-hydroxylation sites is 2. The number of fused-ring (bicyclic) bond motifs is 1. The van der Waals surface area contributed by atoms with Crippen LogP contribution < -0.4 is 5.32 Å². The van der Waals surface area contributed by atoms with E-state index in [-0.39, 0.29) is 16.5 Å². The van der Waals surface area contributed by atoms with Crippen molar-refractivity contribution >= 4 is 38.3 Å². The largest absolute Gasteiger partial charge is 0.433 e. The molecule has 7 nitrogen and oxygen atoms in total. The maximum absolute atomic E-state index is 12.6. The monoisotopic (exact) mass is 407 g/mol. The van der Waals surface area contributed by atoms with Crippen LogP contribution in [0.5, 0.6) is 0 Å². The van der Waals surface area contributed by atoms with Gasteiger partial charge in [0, 0.05) is 30.1 Å². The van der Waals surface area contributed by atoms with E-state index in [1.807, 2.05) is 6.07 Å². The maximum atomic E-state index is 12.6. The lowest BCUT2D eigenvalue weighted by molar-refractivity contribution is -0.116. The molecule has 1 saturated carbocycles. The van der Waals surface area contributed by atoms with Gasteiger partial charge in [-0.3, -0.25) is 9.78 Å². The van der Waals surface area contributed by atoms with Crippen molar-refractivity contribution in [3.05, 3.63) is 71.2 Å². The summed E-state index contributed by atoms with van der Waals surface area (Å²) in [4.78, 5) is 20.3. The fourth-order valence-corrected chi connectivity index (χ4v) is 4.03. The molecule has 0 radical (unpaired) electrons. The molecule has 0 bridgehead atoms. The van der Waals surface area contributed by atoms with Crippen LogP contribution in [-0.2, 0) is 14.8 Å². The second kappa shape index (κ2) is 8.00. The van der Waals surface area contributed by atoms with E-state index in [0.717, 1.165) is 24.8 Å². The number of allylic oxidation sites excluding steroid dienone is 1. The van der Waals surface area contributed by atoms with Crippen molar-refractivity contribution in [1.82, 2.24) is 9.97 Å². The number of hydrogen-bond acceptors (Lipinski definition) is 6. The summed E-state index contributed by atoms with van der Waals surface area (Å²) in [6.45, 7) is 0. The molecule has 2 aromatic carbocycles. The summed E-state index contributed by atoms with van der Waals surface area (Å²) in [5.74, 6) is 0.199. The third-order valence-corrected chi connectivity index (χ3v) is 5.97.